The summed E-state index contributed by atoms with van der Waals surface area (Å²) in [5.74, 6) is 0. The summed E-state index contributed by atoms with van der Waals surface area (Å²) >= 11 is 12.7. The molecule has 0 fully saturated rings. The fourth-order valence-corrected chi connectivity index (χ4v) is 2.98. The Morgan fingerprint density at radius 3 is 2.52 bits per heavy atom. The molecule has 23 heavy (non-hydrogen) atoms. The topological polar surface area (TPSA) is 43.8 Å². The first-order chi connectivity index (χ1) is 11.2. The lowest BCUT2D eigenvalue weighted by Gasteiger charge is -2.12. The summed E-state index contributed by atoms with van der Waals surface area (Å²) in [5.41, 5.74) is 9.45. The molecule has 0 aliphatic rings. The maximum absolute atomic E-state index is 6.45. The Balaban J connectivity index is 2.19. The van der Waals surface area contributed by atoms with Gasteiger partial charge >= 0.3 is 0 Å². The van der Waals surface area contributed by atoms with E-state index < -0.39 is 0 Å². The average molecular weight is 346 g/mol. The van der Waals surface area contributed by atoms with Crippen LogP contribution < -0.4 is 5.73 Å². The number of benzene rings is 2. The summed E-state index contributed by atoms with van der Waals surface area (Å²) in [6.45, 7) is 1.41. The summed E-state index contributed by atoms with van der Waals surface area (Å²) in [6, 6.07) is 15.7. The van der Waals surface area contributed by atoms with Gasteiger partial charge < -0.3 is 10.3 Å². The molecule has 0 aliphatic carbocycles. The van der Waals surface area contributed by atoms with Crippen LogP contribution in [0.3, 0.4) is 0 Å². The van der Waals surface area contributed by atoms with Gasteiger partial charge in [-0.1, -0.05) is 65.7 Å². The third-order valence-corrected chi connectivity index (χ3v) is 4.51. The van der Waals surface area contributed by atoms with Crippen molar-refractivity contribution in [3.63, 3.8) is 0 Å². The van der Waals surface area contributed by atoms with Crippen LogP contribution >= 0.6 is 23.2 Å². The molecule has 0 unspecified atom stereocenters. The maximum atomic E-state index is 6.45. The molecule has 3 aromatic rings. The first-order valence-electron chi connectivity index (χ1n) is 7.47. The molecule has 0 bridgehead atoms. The van der Waals surface area contributed by atoms with Crippen LogP contribution in [-0.4, -0.2) is 16.1 Å². The molecule has 0 amide bonds. The Morgan fingerprint density at radius 1 is 1.00 bits per heavy atom. The molecule has 3 rings (SSSR count). The highest BCUT2D eigenvalue weighted by molar-refractivity contribution is 6.43. The number of hydrogen-bond acceptors (Lipinski definition) is 2. The quantitative estimate of drug-likeness (QED) is 0.716. The first-order valence-corrected chi connectivity index (χ1v) is 8.23. The highest BCUT2D eigenvalue weighted by Crippen LogP contribution is 2.38. The molecular weight excluding hydrogens is 329 g/mol. The van der Waals surface area contributed by atoms with E-state index in [1.54, 1.807) is 6.07 Å². The van der Waals surface area contributed by atoms with Gasteiger partial charge in [0.05, 0.1) is 27.8 Å². The Morgan fingerprint density at radius 2 is 1.78 bits per heavy atom. The van der Waals surface area contributed by atoms with Crippen LogP contribution in [0.4, 0.5) is 0 Å². The minimum Gasteiger partial charge on any atom is -0.330 e. The van der Waals surface area contributed by atoms with Crippen LogP contribution in [0.5, 0.6) is 0 Å². The van der Waals surface area contributed by atoms with Crippen LogP contribution in [0.1, 0.15) is 6.42 Å². The van der Waals surface area contributed by atoms with E-state index in [1.807, 2.05) is 48.8 Å². The summed E-state index contributed by atoms with van der Waals surface area (Å²) in [6.07, 6.45) is 2.71. The van der Waals surface area contributed by atoms with Crippen molar-refractivity contribution in [2.24, 2.45) is 5.73 Å². The number of aromatic nitrogens is 2. The van der Waals surface area contributed by atoms with Crippen LogP contribution in [0.25, 0.3) is 22.5 Å². The van der Waals surface area contributed by atoms with Crippen molar-refractivity contribution in [1.29, 1.82) is 0 Å². The fourth-order valence-electron chi connectivity index (χ4n) is 2.59. The fraction of sp³-hybridized carbons (Fsp3) is 0.167. The van der Waals surface area contributed by atoms with Crippen LogP contribution in [-0.2, 0) is 6.54 Å². The van der Waals surface area contributed by atoms with E-state index in [0.717, 1.165) is 35.5 Å². The molecular formula is C18H17Cl2N3. The number of nitrogens with two attached hydrogens (primary N) is 1. The van der Waals surface area contributed by atoms with Gasteiger partial charge in [-0.05, 0) is 19.0 Å². The van der Waals surface area contributed by atoms with E-state index in [4.69, 9.17) is 28.9 Å². The van der Waals surface area contributed by atoms with Gasteiger partial charge in [0.1, 0.15) is 0 Å². The lowest BCUT2D eigenvalue weighted by molar-refractivity contribution is 0.655. The summed E-state index contributed by atoms with van der Waals surface area (Å²) < 4.78 is 2.09. The van der Waals surface area contributed by atoms with E-state index in [2.05, 4.69) is 9.55 Å². The van der Waals surface area contributed by atoms with E-state index in [1.165, 1.54) is 0 Å². The number of hydrogen-bond donors (Lipinski definition) is 1. The van der Waals surface area contributed by atoms with Crippen molar-refractivity contribution >= 4 is 23.2 Å². The number of nitrogens with zero attached hydrogens (tertiary/aromatic N) is 2. The molecule has 0 radical (unpaired) electrons. The minimum atomic E-state index is 0.537. The molecule has 118 valence electrons. The molecule has 0 spiro atoms. The molecule has 5 heteroatoms. The van der Waals surface area contributed by atoms with Gasteiger partial charge in [0.2, 0.25) is 0 Å². The smallest absolute Gasteiger partial charge is 0.0963 e. The number of halogens is 2. The zero-order valence-electron chi connectivity index (χ0n) is 12.5. The second kappa shape index (κ2) is 7.18. The van der Waals surface area contributed by atoms with Crippen molar-refractivity contribution in [3.8, 4) is 22.5 Å². The molecule has 3 nitrogen and oxygen atoms in total. The van der Waals surface area contributed by atoms with Gasteiger partial charge in [0, 0.05) is 17.7 Å². The standard InChI is InChI=1S/C18H17Cl2N3/c19-15-9-4-8-14(16(15)20)18-17(13-6-2-1-3-7-13)22-12-23(18)11-5-10-21/h1-4,6-9,12H,5,10-11,21H2. The molecule has 0 saturated heterocycles. The SMILES string of the molecule is NCCCn1cnc(-c2ccccc2)c1-c1cccc(Cl)c1Cl. The number of imidazole rings is 1. The third-order valence-electron chi connectivity index (χ3n) is 3.69. The van der Waals surface area contributed by atoms with Crippen molar-refractivity contribution in [2.75, 3.05) is 6.54 Å². The van der Waals surface area contributed by atoms with Crippen LogP contribution in [0.15, 0.2) is 54.9 Å². The van der Waals surface area contributed by atoms with Crippen LogP contribution in [0.2, 0.25) is 10.0 Å². The second-order valence-electron chi connectivity index (χ2n) is 5.24. The summed E-state index contributed by atoms with van der Waals surface area (Å²) in [5, 5.41) is 1.08. The Kier molecular flexibility index (Phi) is 5.01. The van der Waals surface area contributed by atoms with Crippen molar-refractivity contribution in [2.45, 2.75) is 13.0 Å². The lowest BCUT2D eigenvalue weighted by atomic mass is 10.0. The summed E-state index contributed by atoms with van der Waals surface area (Å²) in [4.78, 5) is 4.61. The lowest BCUT2D eigenvalue weighted by Crippen LogP contribution is -2.06. The zero-order chi connectivity index (χ0) is 16.2. The van der Waals surface area contributed by atoms with Gasteiger partial charge in [-0.2, -0.15) is 0 Å². The molecule has 0 atom stereocenters. The summed E-state index contributed by atoms with van der Waals surface area (Å²) in [7, 11) is 0. The van der Waals surface area contributed by atoms with Crippen molar-refractivity contribution in [3.05, 3.63) is 64.9 Å². The van der Waals surface area contributed by atoms with Gasteiger partial charge in [-0.15, -0.1) is 0 Å². The van der Waals surface area contributed by atoms with E-state index in [9.17, 15) is 0 Å². The van der Waals surface area contributed by atoms with Crippen LogP contribution in [0, 0.1) is 0 Å². The molecule has 0 saturated carbocycles. The monoisotopic (exact) mass is 345 g/mol. The largest absolute Gasteiger partial charge is 0.330 e. The highest BCUT2D eigenvalue weighted by atomic mass is 35.5. The number of rotatable bonds is 5. The first kappa shape index (κ1) is 16.1. The van der Waals surface area contributed by atoms with E-state index in [0.29, 0.717) is 16.6 Å². The Labute approximate surface area is 145 Å². The van der Waals surface area contributed by atoms with E-state index in [-0.39, 0.29) is 0 Å². The second-order valence-corrected chi connectivity index (χ2v) is 6.03. The third kappa shape index (κ3) is 3.27. The minimum absolute atomic E-state index is 0.537. The maximum Gasteiger partial charge on any atom is 0.0963 e. The molecule has 1 aromatic heterocycles. The van der Waals surface area contributed by atoms with Gasteiger partial charge in [0.25, 0.3) is 0 Å². The van der Waals surface area contributed by atoms with Gasteiger partial charge in [-0.3, -0.25) is 0 Å². The normalized spacial score (nSPS) is 10.9. The molecule has 2 aromatic carbocycles. The molecule has 0 aliphatic heterocycles. The highest BCUT2D eigenvalue weighted by Gasteiger charge is 2.18. The predicted molar refractivity (Wildman–Crippen MR) is 96.8 cm³/mol. The number of aryl methyl sites for hydroxylation is 1. The Bertz CT molecular complexity index is 797. The molecule has 2 N–H and O–H groups in total. The Hall–Kier alpha value is -1.81. The van der Waals surface area contributed by atoms with Crippen molar-refractivity contribution in [1.82, 2.24) is 9.55 Å². The van der Waals surface area contributed by atoms with E-state index >= 15 is 0 Å². The predicted octanol–water partition coefficient (Wildman–Crippen LogP) is 4.87. The van der Waals surface area contributed by atoms with Crippen molar-refractivity contribution < 1.29 is 0 Å². The average Bonchev–Trinajstić information content (AvgIpc) is 3.00. The van der Waals surface area contributed by atoms with Gasteiger partial charge in [-0.25, -0.2) is 4.98 Å². The zero-order valence-corrected chi connectivity index (χ0v) is 14.1. The van der Waals surface area contributed by atoms with Gasteiger partial charge in [0.15, 0.2) is 0 Å². The molecule has 1 heterocycles.